The molecule has 2 atom stereocenters. The van der Waals surface area contributed by atoms with E-state index < -0.39 is 12.1 Å². The Hall–Kier alpha value is -3.35. The number of nitrogens with zero attached hydrogens (tertiary/aromatic N) is 6. The monoisotopic (exact) mass is 454 g/mol. The van der Waals surface area contributed by atoms with Crippen molar-refractivity contribution < 1.29 is 32.6 Å². The smallest absolute Gasteiger partial charge is 0.475 e. The zero-order valence-electron chi connectivity index (χ0n) is 16.9. The Balaban J connectivity index is 0.000000360. The van der Waals surface area contributed by atoms with E-state index in [1.54, 1.807) is 24.7 Å². The lowest BCUT2D eigenvalue weighted by Gasteiger charge is -2.38. The number of likely N-dealkylation sites (tertiary alicyclic amines) is 1. The third kappa shape index (κ3) is 6.09. The van der Waals surface area contributed by atoms with Gasteiger partial charge in [0.05, 0.1) is 30.7 Å². The van der Waals surface area contributed by atoms with E-state index in [0.717, 1.165) is 32.0 Å². The highest BCUT2D eigenvalue weighted by molar-refractivity contribution is 5.93. The molecule has 4 rings (SSSR count). The summed E-state index contributed by atoms with van der Waals surface area (Å²) < 4.78 is 37.8. The summed E-state index contributed by atoms with van der Waals surface area (Å²) in [6.07, 6.45) is 2.43. The van der Waals surface area contributed by atoms with Gasteiger partial charge in [0, 0.05) is 44.5 Å². The number of hydrogen-bond donors (Lipinski definition) is 1. The molecule has 0 bridgehead atoms. The first-order valence-electron chi connectivity index (χ1n) is 9.75. The van der Waals surface area contributed by atoms with Gasteiger partial charge in [-0.1, -0.05) is 0 Å². The number of carbonyl (C=O) groups is 2. The van der Waals surface area contributed by atoms with E-state index in [-0.39, 0.29) is 12.0 Å². The molecule has 1 amide bonds. The van der Waals surface area contributed by atoms with Crippen molar-refractivity contribution in [2.45, 2.75) is 18.7 Å². The number of ether oxygens (including phenoxy) is 1. The van der Waals surface area contributed by atoms with E-state index in [9.17, 15) is 18.0 Å². The van der Waals surface area contributed by atoms with Crippen LogP contribution in [-0.4, -0.2) is 87.1 Å². The Morgan fingerprint density at radius 2 is 1.81 bits per heavy atom. The van der Waals surface area contributed by atoms with Gasteiger partial charge in [-0.25, -0.2) is 14.8 Å². The fraction of sp³-hybridized carbons (Fsp3) is 0.474. The third-order valence-corrected chi connectivity index (χ3v) is 5.04. The van der Waals surface area contributed by atoms with Gasteiger partial charge < -0.3 is 19.6 Å². The van der Waals surface area contributed by atoms with Crippen molar-refractivity contribution in [1.82, 2.24) is 25.1 Å². The summed E-state index contributed by atoms with van der Waals surface area (Å²) >= 11 is 0. The Morgan fingerprint density at radius 3 is 2.44 bits per heavy atom. The van der Waals surface area contributed by atoms with E-state index in [2.05, 4.69) is 25.1 Å². The first-order valence-corrected chi connectivity index (χ1v) is 9.75. The maximum Gasteiger partial charge on any atom is 0.490 e. The summed E-state index contributed by atoms with van der Waals surface area (Å²) in [5, 5.41) is 14.6. The molecule has 0 aromatic carbocycles. The fourth-order valence-corrected chi connectivity index (χ4v) is 3.47. The van der Waals surface area contributed by atoms with Crippen molar-refractivity contribution in [2.75, 3.05) is 37.7 Å². The van der Waals surface area contributed by atoms with Crippen molar-refractivity contribution in [3.63, 3.8) is 0 Å². The highest BCUT2D eigenvalue weighted by atomic mass is 19.4. The molecule has 2 aromatic heterocycles. The molecule has 32 heavy (non-hydrogen) atoms. The summed E-state index contributed by atoms with van der Waals surface area (Å²) in [6.45, 7) is 3.55. The van der Waals surface area contributed by atoms with Crippen LogP contribution in [0.15, 0.2) is 36.9 Å². The number of amides is 1. The van der Waals surface area contributed by atoms with Gasteiger partial charge in [0.1, 0.15) is 0 Å². The minimum absolute atomic E-state index is 0.00977. The van der Waals surface area contributed by atoms with Crippen LogP contribution in [0.1, 0.15) is 16.8 Å². The molecule has 2 aromatic rings. The summed E-state index contributed by atoms with van der Waals surface area (Å²) in [7, 11) is 0. The number of anilines is 1. The van der Waals surface area contributed by atoms with Gasteiger partial charge in [0.15, 0.2) is 0 Å². The number of alkyl halides is 3. The average Bonchev–Trinajstić information content (AvgIpc) is 3.01. The van der Waals surface area contributed by atoms with Crippen molar-refractivity contribution in [2.24, 2.45) is 5.92 Å². The van der Waals surface area contributed by atoms with E-state index in [1.807, 2.05) is 11.0 Å². The van der Waals surface area contributed by atoms with Crippen LogP contribution in [0.2, 0.25) is 0 Å². The molecule has 4 heterocycles. The SMILES string of the molecule is O=C(O)C(F)(F)F.O=C(c1ccnnc1)N1CCC2CN(c3ncccn3)CCOC2C1. The Bertz CT molecular complexity index is 903. The first kappa shape index (κ1) is 23.3. The highest BCUT2D eigenvalue weighted by Gasteiger charge is 2.38. The molecule has 13 heteroatoms. The van der Waals surface area contributed by atoms with Gasteiger partial charge in [-0.15, -0.1) is 0 Å². The number of carboxylic acids is 1. The summed E-state index contributed by atoms with van der Waals surface area (Å²) in [5.74, 6) is -1.66. The maximum absolute atomic E-state index is 12.6. The zero-order chi connectivity index (χ0) is 23.1. The Kier molecular flexibility index (Phi) is 7.51. The zero-order valence-corrected chi connectivity index (χ0v) is 16.9. The molecule has 2 unspecified atom stereocenters. The normalized spacial score (nSPS) is 21.0. The lowest BCUT2D eigenvalue weighted by atomic mass is 9.93. The lowest BCUT2D eigenvalue weighted by molar-refractivity contribution is -0.192. The van der Waals surface area contributed by atoms with Crippen LogP contribution in [0, 0.1) is 5.92 Å². The van der Waals surface area contributed by atoms with Crippen molar-refractivity contribution in [3.8, 4) is 0 Å². The topological polar surface area (TPSA) is 122 Å². The molecule has 0 aliphatic carbocycles. The van der Waals surface area contributed by atoms with Gasteiger partial charge in [0.2, 0.25) is 5.95 Å². The Morgan fingerprint density at radius 1 is 1.09 bits per heavy atom. The Labute approximate surface area is 181 Å². The van der Waals surface area contributed by atoms with Crippen LogP contribution >= 0.6 is 0 Å². The van der Waals surface area contributed by atoms with Gasteiger partial charge in [0.25, 0.3) is 5.91 Å². The molecule has 0 saturated carbocycles. The number of rotatable bonds is 2. The average molecular weight is 454 g/mol. The second kappa shape index (κ2) is 10.3. The summed E-state index contributed by atoms with van der Waals surface area (Å²) in [4.78, 5) is 34.2. The van der Waals surface area contributed by atoms with Crippen LogP contribution in [0.25, 0.3) is 0 Å². The molecule has 2 aliphatic heterocycles. The summed E-state index contributed by atoms with van der Waals surface area (Å²) in [6, 6.07) is 3.52. The predicted molar refractivity (Wildman–Crippen MR) is 104 cm³/mol. The molecular weight excluding hydrogens is 433 g/mol. The van der Waals surface area contributed by atoms with Crippen LogP contribution < -0.4 is 4.90 Å². The fourth-order valence-electron chi connectivity index (χ4n) is 3.47. The van der Waals surface area contributed by atoms with Gasteiger partial charge in [-0.05, 0) is 18.6 Å². The molecule has 0 radical (unpaired) electrons. The molecular formula is C19H21F3N6O4. The minimum Gasteiger partial charge on any atom is -0.475 e. The largest absolute Gasteiger partial charge is 0.490 e. The molecule has 10 nitrogen and oxygen atoms in total. The molecule has 2 saturated heterocycles. The highest BCUT2D eigenvalue weighted by Crippen LogP contribution is 2.26. The number of carbonyl (C=O) groups excluding carboxylic acids is 1. The van der Waals surface area contributed by atoms with E-state index in [1.165, 1.54) is 6.20 Å². The number of fused-ring (bicyclic) bond motifs is 1. The van der Waals surface area contributed by atoms with Crippen molar-refractivity contribution >= 4 is 17.8 Å². The van der Waals surface area contributed by atoms with Crippen LogP contribution in [0.3, 0.4) is 0 Å². The molecule has 1 N–H and O–H groups in total. The molecule has 172 valence electrons. The van der Waals surface area contributed by atoms with Gasteiger partial charge >= 0.3 is 12.1 Å². The number of halogens is 3. The summed E-state index contributed by atoms with van der Waals surface area (Å²) in [5.41, 5.74) is 0.571. The number of carboxylic acid groups (broad SMARTS) is 1. The van der Waals surface area contributed by atoms with E-state index in [4.69, 9.17) is 14.6 Å². The quantitative estimate of drug-likeness (QED) is 0.715. The van der Waals surface area contributed by atoms with E-state index in [0.29, 0.717) is 24.6 Å². The van der Waals surface area contributed by atoms with Crippen LogP contribution in [0.4, 0.5) is 19.1 Å². The third-order valence-electron chi connectivity index (χ3n) is 5.04. The molecule has 2 aliphatic rings. The van der Waals surface area contributed by atoms with Crippen molar-refractivity contribution in [3.05, 3.63) is 42.5 Å². The maximum atomic E-state index is 12.6. The van der Waals surface area contributed by atoms with E-state index >= 15 is 0 Å². The first-order chi connectivity index (χ1) is 15.3. The number of piperidine rings is 1. The predicted octanol–water partition coefficient (Wildman–Crippen LogP) is 1.27. The van der Waals surface area contributed by atoms with Crippen LogP contribution in [0.5, 0.6) is 0 Å². The lowest BCUT2D eigenvalue weighted by Crippen LogP contribution is -2.49. The van der Waals surface area contributed by atoms with Gasteiger partial charge in [-0.3, -0.25) is 4.79 Å². The second-order valence-corrected chi connectivity index (χ2v) is 7.14. The standard InChI is InChI=1S/C17H20N6O2.C2HF3O2/c24-16(13-2-6-20-21-10-13)22-7-3-14-11-23(8-9-25-15(14)12-22)17-18-4-1-5-19-17;3-2(4,5)1(6)7/h1-2,4-6,10,14-15H,3,7-9,11-12H2;(H,6,7). The molecule has 0 spiro atoms. The van der Waals surface area contributed by atoms with Gasteiger partial charge in [-0.2, -0.15) is 23.4 Å². The van der Waals surface area contributed by atoms with Crippen LogP contribution in [-0.2, 0) is 9.53 Å². The van der Waals surface area contributed by atoms with Crippen molar-refractivity contribution in [1.29, 1.82) is 0 Å². The molecule has 2 fully saturated rings. The number of aliphatic carboxylic acids is 1. The number of aromatic nitrogens is 4. The minimum atomic E-state index is -5.08. The number of hydrogen-bond acceptors (Lipinski definition) is 8. The second-order valence-electron chi connectivity index (χ2n) is 7.14.